The van der Waals surface area contributed by atoms with Crippen LogP contribution in [0, 0.1) is 5.92 Å². The van der Waals surface area contributed by atoms with Crippen LogP contribution in [0.5, 0.6) is 5.75 Å². The molecular weight excluding hydrogens is 580 g/mol. The van der Waals surface area contributed by atoms with Gasteiger partial charge in [0.2, 0.25) is 5.91 Å². The molecule has 0 aromatic heterocycles. The smallest absolute Gasteiger partial charge is 0.238 e. The lowest BCUT2D eigenvalue weighted by molar-refractivity contribution is -0.121. The van der Waals surface area contributed by atoms with Crippen molar-refractivity contribution in [2.45, 2.75) is 17.5 Å². The Morgan fingerprint density at radius 3 is 2.44 bits per heavy atom. The lowest BCUT2D eigenvalue weighted by atomic mass is 9.63. The van der Waals surface area contributed by atoms with Gasteiger partial charge in [-0.05, 0) is 47.5 Å². The van der Waals surface area contributed by atoms with E-state index in [1.54, 1.807) is 43.5 Å². The summed E-state index contributed by atoms with van der Waals surface area (Å²) in [6, 6.07) is 27.8. The molecule has 4 atom stereocenters. The van der Waals surface area contributed by atoms with Crippen molar-refractivity contribution in [2.24, 2.45) is 5.92 Å². The van der Waals surface area contributed by atoms with Gasteiger partial charge in [-0.2, -0.15) is 0 Å². The number of ketones is 2. The number of carbonyl (C=O) groups is 3. The highest BCUT2D eigenvalue weighted by molar-refractivity contribution is 9.10. The molecule has 41 heavy (non-hydrogen) atoms. The SMILES string of the molecule is COc1cccc(C(=O)[C@H]2C3C=Cc4ccccc4N3[C@@H](C(=O)c3ccc(Br)cc3)[C@@]23C(=O)Nc2ccccc23)c1. The second-order valence-corrected chi connectivity index (χ2v) is 11.4. The summed E-state index contributed by atoms with van der Waals surface area (Å²) < 4.78 is 6.27. The van der Waals surface area contributed by atoms with Crippen molar-refractivity contribution in [1.29, 1.82) is 0 Å². The van der Waals surface area contributed by atoms with Crippen LogP contribution in [0.2, 0.25) is 0 Å². The van der Waals surface area contributed by atoms with Crippen LogP contribution in [0.3, 0.4) is 0 Å². The predicted molar refractivity (Wildman–Crippen MR) is 162 cm³/mol. The standard InChI is InChI=1S/C34H25BrN2O4/c1-41-24-9-6-8-22(19-24)30(38)29-28-18-15-20-7-2-5-12-27(20)37(28)32(31(39)21-13-16-23(35)17-14-21)34(29)25-10-3-4-11-26(25)36-33(34)40/h2-19,28-29,32H,1H3,(H,36,40)/t28?,29-,32+,34+/m1/s1. The monoisotopic (exact) mass is 604 g/mol. The topological polar surface area (TPSA) is 75.7 Å². The molecule has 0 bridgehead atoms. The molecule has 1 spiro atoms. The molecule has 0 radical (unpaired) electrons. The normalized spacial score (nSPS) is 23.5. The zero-order valence-corrected chi connectivity index (χ0v) is 23.7. The number of amides is 1. The Morgan fingerprint density at radius 2 is 1.63 bits per heavy atom. The Morgan fingerprint density at radius 1 is 0.878 bits per heavy atom. The molecular formula is C34H25BrN2O4. The molecule has 1 N–H and O–H groups in total. The van der Waals surface area contributed by atoms with Crippen LogP contribution >= 0.6 is 15.9 Å². The quantitative estimate of drug-likeness (QED) is 0.270. The number of para-hydroxylation sites is 2. The summed E-state index contributed by atoms with van der Waals surface area (Å²) in [4.78, 5) is 46.0. The van der Waals surface area contributed by atoms with Crippen LogP contribution in [0.1, 0.15) is 31.8 Å². The van der Waals surface area contributed by atoms with Gasteiger partial charge < -0.3 is 15.0 Å². The number of rotatable bonds is 5. The van der Waals surface area contributed by atoms with Gasteiger partial charge in [0.1, 0.15) is 17.2 Å². The summed E-state index contributed by atoms with van der Waals surface area (Å²) in [5.41, 5.74) is 2.41. The van der Waals surface area contributed by atoms with Gasteiger partial charge in [0.25, 0.3) is 0 Å². The first-order valence-corrected chi connectivity index (χ1v) is 14.2. The number of nitrogens with one attached hydrogen (secondary N) is 1. The minimum atomic E-state index is -1.49. The Bertz CT molecular complexity index is 1760. The van der Waals surface area contributed by atoms with Gasteiger partial charge in [0, 0.05) is 27.0 Å². The average Bonchev–Trinajstić information content (AvgIpc) is 3.48. The third kappa shape index (κ3) is 3.65. The van der Waals surface area contributed by atoms with Gasteiger partial charge >= 0.3 is 0 Å². The van der Waals surface area contributed by atoms with E-state index in [9.17, 15) is 14.4 Å². The third-order valence-corrected chi connectivity index (χ3v) is 9.09. The Balaban J connectivity index is 1.53. The van der Waals surface area contributed by atoms with Crippen LogP contribution in [0.25, 0.3) is 6.08 Å². The Hall–Kier alpha value is -4.49. The third-order valence-electron chi connectivity index (χ3n) is 8.56. The first-order chi connectivity index (χ1) is 19.9. The number of nitrogens with zero attached hydrogens (tertiary/aromatic N) is 1. The van der Waals surface area contributed by atoms with Gasteiger partial charge in [-0.15, -0.1) is 0 Å². The summed E-state index contributed by atoms with van der Waals surface area (Å²) in [5.74, 6) is -1.15. The molecule has 0 saturated carbocycles. The van der Waals surface area contributed by atoms with E-state index >= 15 is 0 Å². The fraction of sp³-hybridized carbons (Fsp3) is 0.147. The highest BCUT2D eigenvalue weighted by atomic mass is 79.9. The van der Waals surface area contributed by atoms with E-state index in [2.05, 4.69) is 21.2 Å². The fourth-order valence-electron chi connectivity index (χ4n) is 6.86. The van der Waals surface area contributed by atoms with Gasteiger partial charge in [0.15, 0.2) is 11.6 Å². The molecule has 1 saturated heterocycles. The van der Waals surface area contributed by atoms with Gasteiger partial charge in [-0.3, -0.25) is 14.4 Å². The largest absolute Gasteiger partial charge is 0.497 e. The number of ether oxygens (including phenoxy) is 1. The number of hydrogen-bond acceptors (Lipinski definition) is 5. The minimum Gasteiger partial charge on any atom is -0.497 e. The number of methoxy groups -OCH3 is 1. The molecule has 4 aromatic rings. The maximum Gasteiger partial charge on any atom is 0.238 e. The van der Waals surface area contributed by atoms with Crippen molar-refractivity contribution >= 4 is 50.9 Å². The number of carbonyl (C=O) groups excluding carboxylic acids is 3. The molecule has 1 amide bonds. The first-order valence-electron chi connectivity index (χ1n) is 13.4. The van der Waals surface area contributed by atoms with Crippen molar-refractivity contribution in [3.63, 3.8) is 0 Å². The number of anilines is 2. The van der Waals surface area contributed by atoms with E-state index in [1.807, 2.05) is 77.7 Å². The zero-order chi connectivity index (χ0) is 28.3. The number of benzene rings is 4. The average molecular weight is 605 g/mol. The van der Waals surface area contributed by atoms with Crippen molar-refractivity contribution in [2.75, 3.05) is 17.3 Å². The molecule has 3 aliphatic rings. The van der Waals surface area contributed by atoms with E-state index in [1.165, 1.54) is 0 Å². The zero-order valence-electron chi connectivity index (χ0n) is 22.1. The van der Waals surface area contributed by atoms with Crippen LogP contribution < -0.4 is 15.0 Å². The fourth-order valence-corrected chi connectivity index (χ4v) is 7.13. The van der Waals surface area contributed by atoms with E-state index in [4.69, 9.17) is 4.74 Å². The van der Waals surface area contributed by atoms with Gasteiger partial charge in [0.05, 0.1) is 19.1 Å². The van der Waals surface area contributed by atoms with E-state index in [-0.39, 0.29) is 17.5 Å². The Kier molecular flexibility index (Phi) is 5.94. The summed E-state index contributed by atoms with van der Waals surface area (Å²) in [6.07, 6.45) is 3.96. The van der Waals surface area contributed by atoms with Crippen molar-refractivity contribution in [3.05, 3.63) is 130 Å². The molecule has 4 aromatic carbocycles. The molecule has 1 fully saturated rings. The molecule has 202 valence electrons. The van der Waals surface area contributed by atoms with Gasteiger partial charge in [-0.1, -0.05) is 88.7 Å². The minimum absolute atomic E-state index is 0.221. The number of halogens is 1. The second kappa shape index (κ2) is 9.56. The van der Waals surface area contributed by atoms with Crippen molar-refractivity contribution in [1.82, 2.24) is 0 Å². The highest BCUT2D eigenvalue weighted by Crippen LogP contribution is 2.58. The Labute approximate surface area is 245 Å². The molecule has 3 aliphatic heterocycles. The van der Waals surface area contributed by atoms with Gasteiger partial charge in [-0.25, -0.2) is 0 Å². The van der Waals surface area contributed by atoms with E-state index < -0.39 is 23.4 Å². The highest BCUT2D eigenvalue weighted by Gasteiger charge is 2.70. The van der Waals surface area contributed by atoms with Crippen LogP contribution in [0.15, 0.2) is 108 Å². The maximum absolute atomic E-state index is 14.8. The molecule has 6 nitrogen and oxygen atoms in total. The molecule has 3 heterocycles. The van der Waals surface area contributed by atoms with E-state index in [0.29, 0.717) is 28.1 Å². The van der Waals surface area contributed by atoms with Crippen LogP contribution in [-0.2, 0) is 10.2 Å². The second-order valence-electron chi connectivity index (χ2n) is 10.5. The summed E-state index contributed by atoms with van der Waals surface area (Å²) in [5, 5.41) is 3.04. The summed E-state index contributed by atoms with van der Waals surface area (Å²) >= 11 is 3.46. The van der Waals surface area contributed by atoms with Crippen molar-refractivity contribution in [3.8, 4) is 5.75 Å². The molecule has 7 heteroatoms. The summed E-state index contributed by atoms with van der Waals surface area (Å²) in [7, 11) is 1.55. The maximum atomic E-state index is 14.8. The summed E-state index contributed by atoms with van der Waals surface area (Å²) in [6.45, 7) is 0. The number of fused-ring (bicyclic) bond motifs is 5. The molecule has 0 aliphatic carbocycles. The van der Waals surface area contributed by atoms with Crippen LogP contribution in [0.4, 0.5) is 11.4 Å². The molecule has 7 rings (SSSR count). The number of hydrogen-bond donors (Lipinski definition) is 1. The number of Topliss-reactive ketones (excluding diaryl/α,β-unsaturated/α-hetero) is 2. The molecule has 1 unspecified atom stereocenters. The van der Waals surface area contributed by atoms with Crippen LogP contribution in [-0.4, -0.2) is 36.7 Å². The van der Waals surface area contributed by atoms with Crippen molar-refractivity contribution < 1.29 is 19.1 Å². The lowest BCUT2D eigenvalue weighted by Crippen LogP contribution is -2.55. The first kappa shape index (κ1) is 25.5. The lowest BCUT2D eigenvalue weighted by Gasteiger charge is -2.37. The predicted octanol–water partition coefficient (Wildman–Crippen LogP) is 6.31. The van der Waals surface area contributed by atoms with E-state index in [0.717, 1.165) is 15.7 Å².